The van der Waals surface area contributed by atoms with Crippen molar-refractivity contribution in [3.63, 3.8) is 0 Å². The summed E-state index contributed by atoms with van der Waals surface area (Å²) in [6, 6.07) is 10.3. The number of nitrogens with zero attached hydrogens (tertiary/aromatic N) is 1. The first-order valence-electron chi connectivity index (χ1n) is 8.13. The van der Waals surface area contributed by atoms with Crippen molar-refractivity contribution in [1.82, 2.24) is 10.3 Å². The molecule has 1 aromatic heterocycles. The number of aliphatic hydroxyl groups is 1. The van der Waals surface area contributed by atoms with Gasteiger partial charge in [-0.2, -0.15) is 0 Å². The Hall–Kier alpha value is -1.72. The van der Waals surface area contributed by atoms with Gasteiger partial charge in [0.05, 0.1) is 23.4 Å². The predicted molar refractivity (Wildman–Crippen MR) is 91.2 cm³/mol. The maximum atomic E-state index is 12.2. The fourth-order valence-electron chi connectivity index (χ4n) is 3.01. The lowest BCUT2D eigenvalue weighted by molar-refractivity contribution is -0.127. The largest absolute Gasteiger partial charge is 0.393 e. The summed E-state index contributed by atoms with van der Waals surface area (Å²) in [6.07, 6.45) is 3.71. The highest BCUT2D eigenvalue weighted by Crippen LogP contribution is 2.24. The molecule has 1 heterocycles. The van der Waals surface area contributed by atoms with Gasteiger partial charge in [-0.25, -0.2) is 4.98 Å². The van der Waals surface area contributed by atoms with E-state index in [4.69, 9.17) is 0 Å². The quantitative estimate of drug-likeness (QED) is 0.886. The molecule has 23 heavy (non-hydrogen) atoms. The van der Waals surface area contributed by atoms with Gasteiger partial charge in [0, 0.05) is 17.7 Å². The highest BCUT2D eigenvalue weighted by Gasteiger charge is 2.25. The Kier molecular flexibility index (Phi) is 5.41. The lowest BCUT2D eigenvalue weighted by Gasteiger charge is -2.24. The molecule has 1 aliphatic carbocycles. The summed E-state index contributed by atoms with van der Waals surface area (Å²) in [5.41, 5.74) is 2.15. The van der Waals surface area contributed by atoms with Crippen LogP contribution >= 0.6 is 11.3 Å². The van der Waals surface area contributed by atoms with E-state index in [2.05, 4.69) is 22.4 Å². The van der Waals surface area contributed by atoms with E-state index >= 15 is 0 Å². The zero-order valence-electron chi connectivity index (χ0n) is 13.1. The van der Waals surface area contributed by atoms with E-state index in [0.29, 0.717) is 13.0 Å². The van der Waals surface area contributed by atoms with Gasteiger partial charge in [-0.3, -0.25) is 4.79 Å². The van der Waals surface area contributed by atoms with E-state index in [1.165, 1.54) is 5.56 Å². The summed E-state index contributed by atoms with van der Waals surface area (Å²) in [6.45, 7) is 0.469. The van der Waals surface area contributed by atoms with E-state index in [0.717, 1.165) is 36.4 Å². The second-order valence-electron chi connectivity index (χ2n) is 6.13. The summed E-state index contributed by atoms with van der Waals surface area (Å²) in [5, 5.41) is 15.7. The molecular weight excluding hydrogens is 308 g/mol. The normalized spacial score (nSPS) is 21.1. The van der Waals surface area contributed by atoms with E-state index in [1.54, 1.807) is 11.3 Å². The summed E-state index contributed by atoms with van der Waals surface area (Å²) in [7, 11) is 0. The number of benzene rings is 1. The molecule has 1 saturated carbocycles. The standard InChI is InChI=1S/C18H22N2O2S/c21-16-8-4-7-14(10-16)18(22)19-11-15-12-23-17(20-15)9-13-5-2-1-3-6-13/h1-3,5-6,12,14,16,21H,4,7-11H2,(H,19,22)/t14-,16-/m0/s1. The molecule has 1 amide bonds. The van der Waals surface area contributed by atoms with Gasteiger partial charge in [-0.15, -0.1) is 11.3 Å². The van der Waals surface area contributed by atoms with Crippen LogP contribution in [0, 0.1) is 5.92 Å². The fraction of sp³-hybridized carbons (Fsp3) is 0.444. The topological polar surface area (TPSA) is 62.2 Å². The molecule has 0 unspecified atom stereocenters. The predicted octanol–water partition coefficient (Wildman–Crippen LogP) is 2.90. The number of nitrogens with one attached hydrogen (secondary N) is 1. The molecule has 0 bridgehead atoms. The van der Waals surface area contributed by atoms with Crippen LogP contribution in [0.15, 0.2) is 35.7 Å². The van der Waals surface area contributed by atoms with Crippen molar-refractivity contribution < 1.29 is 9.90 Å². The fourth-order valence-corrected chi connectivity index (χ4v) is 3.83. The van der Waals surface area contributed by atoms with Crippen LogP contribution in [0.3, 0.4) is 0 Å². The number of carbonyl (C=O) groups excluding carboxylic acids is 1. The summed E-state index contributed by atoms with van der Waals surface area (Å²) < 4.78 is 0. The minimum atomic E-state index is -0.323. The second-order valence-corrected chi connectivity index (χ2v) is 7.07. The molecule has 3 rings (SSSR count). The maximum Gasteiger partial charge on any atom is 0.223 e. The van der Waals surface area contributed by atoms with Crippen molar-refractivity contribution in [3.8, 4) is 0 Å². The van der Waals surface area contributed by atoms with Gasteiger partial charge in [0.2, 0.25) is 5.91 Å². The van der Waals surface area contributed by atoms with Crippen LogP contribution < -0.4 is 5.32 Å². The average Bonchev–Trinajstić information content (AvgIpc) is 3.01. The third-order valence-electron chi connectivity index (χ3n) is 4.26. The molecular formula is C18H22N2O2S. The third kappa shape index (κ3) is 4.62. The molecule has 1 aromatic carbocycles. The van der Waals surface area contributed by atoms with Crippen LogP contribution in [0.5, 0.6) is 0 Å². The van der Waals surface area contributed by atoms with Crippen LogP contribution in [-0.2, 0) is 17.8 Å². The number of amides is 1. The lowest BCUT2D eigenvalue weighted by atomic mass is 9.87. The van der Waals surface area contributed by atoms with Gasteiger partial charge < -0.3 is 10.4 Å². The first-order chi connectivity index (χ1) is 11.2. The summed E-state index contributed by atoms with van der Waals surface area (Å²) >= 11 is 1.63. The first kappa shape index (κ1) is 16.1. The number of aromatic nitrogens is 1. The molecule has 0 spiro atoms. The van der Waals surface area contributed by atoms with Crippen LogP contribution in [-0.4, -0.2) is 22.1 Å². The second kappa shape index (κ2) is 7.70. The Morgan fingerprint density at radius 2 is 2.13 bits per heavy atom. The van der Waals surface area contributed by atoms with Crippen LogP contribution in [0.2, 0.25) is 0 Å². The van der Waals surface area contributed by atoms with Gasteiger partial charge in [-0.05, 0) is 24.8 Å². The number of thiazole rings is 1. The summed E-state index contributed by atoms with van der Waals surface area (Å²) in [5.74, 6) is -0.0115. The van der Waals surface area contributed by atoms with Gasteiger partial charge in [0.15, 0.2) is 0 Å². The molecule has 2 atom stereocenters. The Morgan fingerprint density at radius 1 is 1.30 bits per heavy atom. The van der Waals surface area contributed by atoms with Crippen molar-refractivity contribution in [2.75, 3.05) is 0 Å². The molecule has 5 heteroatoms. The molecule has 2 aromatic rings. The van der Waals surface area contributed by atoms with Crippen LogP contribution in [0.1, 0.15) is 41.9 Å². The molecule has 1 fully saturated rings. The van der Waals surface area contributed by atoms with Crippen molar-refractivity contribution in [2.24, 2.45) is 5.92 Å². The van der Waals surface area contributed by atoms with Crippen LogP contribution in [0.4, 0.5) is 0 Å². The first-order valence-corrected chi connectivity index (χ1v) is 9.01. The molecule has 2 N–H and O–H groups in total. The van der Waals surface area contributed by atoms with Gasteiger partial charge in [0.1, 0.15) is 0 Å². The average molecular weight is 330 g/mol. The van der Waals surface area contributed by atoms with Crippen molar-refractivity contribution in [1.29, 1.82) is 0 Å². The molecule has 122 valence electrons. The third-order valence-corrected chi connectivity index (χ3v) is 5.16. The van der Waals surface area contributed by atoms with Gasteiger partial charge in [0.25, 0.3) is 0 Å². The lowest BCUT2D eigenvalue weighted by Crippen LogP contribution is -2.34. The van der Waals surface area contributed by atoms with Crippen LogP contribution in [0.25, 0.3) is 0 Å². The highest BCUT2D eigenvalue weighted by molar-refractivity contribution is 7.09. The molecule has 0 aliphatic heterocycles. The number of carbonyl (C=O) groups is 1. The molecule has 0 radical (unpaired) electrons. The SMILES string of the molecule is O=C(NCc1csc(Cc2ccccc2)n1)[C@H]1CCC[C@H](O)C1. The van der Waals surface area contributed by atoms with E-state index in [1.807, 2.05) is 23.6 Å². The Bertz CT molecular complexity index is 641. The zero-order chi connectivity index (χ0) is 16.1. The van der Waals surface area contributed by atoms with Crippen molar-refractivity contribution in [3.05, 3.63) is 52.0 Å². The smallest absolute Gasteiger partial charge is 0.223 e. The Balaban J connectivity index is 1.50. The van der Waals surface area contributed by atoms with Crippen molar-refractivity contribution >= 4 is 17.2 Å². The van der Waals surface area contributed by atoms with Gasteiger partial charge in [-0.1, -0.05) is 36.8 Å². The Labute approximate surface area is 140 Å². The molecule has 4 nitrogen and oxygen atoms in total. The zero-order valence-corrected chi connectivity index (χ0v) is 13.9. The van der Waals surface area contributed by atoms with E-state index < -0.39 is 0 Å². The van der Waals surface area contributed by atoms with Crippen molar-refractivity contribution in [2.45, 2.75) is 44.8 Å². The number of hydrogen-bond acceptors (Lipinski definition) is 4. The minimum absolute atomic E-state index is 0.0429. The number of rotatable bonds is 5. The maximum absolute atomic E-state index is 12.2. The Morgan fingerprint density at radius 3 is 2.91 bits per heavy atom. The summed E-state index contributed by atoms with van der Waals surface area (Å²) in [4.78, 5) is 16.8. The number of aliphatic hydroxyl groups excluding tert-OH is 1. The highest BCUT2D eigenvalue weighted by atomic mass is 32.1. The molecule has 1 aliphatic rings. The van der Waals surface area contributed by atoms with E-state index in [-0.39, 0.29) is 17.9 Å². The molecule has 0 saturated heterocycles. The minimum Gasteiger partial charge on any atom is -0.393 e. The number of hydrogen-bond donors (Lipinski definition) is 2. The van der Waals surface area contributed by atoms with E-state index in [9.17, 15) is 9.90 Å². The van der Waals surface area contributed by atoms with Gasteiger partial charge >= 0.3 is 0 Å². The monoisotopic (exact) mass is 330 g/mol.